The molecule has 2 aromatic rings. The quantitative estimate of drug-likeness (QED) is 0.673. The number of carboxylic acids is 1. The summed E-state index contributed by atoms with van der Waals surface area (Å²) < 4.78 is 0. The topological polar surface area (TPSA) is 78.8 Å². The van der Waals surface area contributed by atoms with Crippen LogP contribution in [0.3, 0.4) is 0 Å². The fourth-order valence-corrected chi connectivity index (χ4v) is 1.89. The lowest BCUT2D eigenvalue weighted by molar-refractivity contribution is 0.0696. The molecular weight excluding hydrogens is 292 g/mol. The number of hydrogen-bond acceptors (Lipinski definition) is 3. The largest absolute Gasteiger partial charge is 0.478 e. The fraction of sp³-hybridized carbons (Fsp3) is 0. The van der Waals surface area contributed by atoms with Crippen molar-refractivity contribution in [1.82, 2.24) is 5.43 Å². The molecule has 0 saturated heterocycles. The number of amides is 1. The molecule has 5 nitrogen and oxygen atoms in total. The minimum absolute atomic E-state index is 0.105. The molecule has 2 rings (SSSR count). The van der Waals surface area contributed by atoms with Crippen LogP contribution in [0.1, 0.15) is 26.3 Å². The number of carboxylic acid groups (broad SMARTS) is 1. The third-order valence-electron chi connectivity index (χ3n) is 2.68. The lowest BCUT2D eigenvalue weighted by Crippen LogP contribution is -2.18. The number of benzene rings is 2. The molecule has 106 valence electrons. The van der Waals surface area contributed by atoms with Crippen molar-refractivity contribution >= 4 is 29.7 Å². The third-order valence-corrected chi connectivity index (χ3v) is 3.01. The van der Waals surface area contributed by atoms with Gasteiger partial charge >= 0.3 is 5.97 Å². The highest BCUT2D eigenvalue weighted by atomic mass is 35.5. The molecular formula is C15H11ClN2O3. The highest BCUT2D eigenvalue weighted by Crippen LogP contribution is 2.14. The summed E-state index contributed by atoms with van der Waals surface area (Å²) in [5.74, 6) is -1.53. The van der Waals surface area contributed by atoms with Gasteiger partial charge in [0.15, 0.2) is 0 Å². The van der Waals surface area contributed by atoms with Gasteiger partial charge in [0.25, 0.3) is 5.91 Å². The Morgan fingerprint density at radius 3 is 2.33 bits per heavy atom. The molecule has 0 heterocycles. The molecule has 1 amide bonds. The molecule has 6 heteroatoms. The average Bonchev–Trinajstić information content (AvgIpc) is 2.48. The van der Waals surface area contributed by atoms with Crippen molar-refractivity contribution in [3.05, 3.63) is 70.2 Å². The van der Waals surface area contributed by atoms with Gasteiger partial charge in [-0.05, 0) is 18.2 Å². The van der Waals surface area contributed by atoms with Gasteiger partial charge in [-0.2, -0.15) is 5.10 Å². The first-order valence-corrected chi connectivity index (χ1v) is 6.37. The molecule has 0 aliphatic carbocycles. The van der Waals surface area contributed by atoms with E-state index >= 15 is 0 Å². The number of hydrogen-bond donors (Lipinski definition) is 2. The molecule has 0 saturated carbocycles. The lowest BCUT2D eigenvalue weighted by Gasteiger charge is -2.02. The van der Waals surface area contributed by atoms with E-state index in [-0.39, 0.29) is 5.56 Å². The van der Waals surface area contributed by atoms with E-state index in [4.69, 9.17) is 16.7 Å². The highest BCUT2D eigenvalue weighted by Gasteiger charge is 2.09. The van der Waals surface area contributed by atoms with Gasteiger partial charge in [-0.15, -0.1) is 0 Å². The number of carbonyl (C=O) groups is 2. The van der Waals surface area contributed by atoms with Crippen LogP contribution in [0.2, 0.25) is 5.02 Å². The van der Waals surface area contributed by atoms with Crippen molar-refractivity contribution in [1.29, 1.82) is 0 Å². The summed E-state index contributed by atoms with van der Waals surface area (Å²) in [7, 11) is 0. The van der Waals surface area contributed by atoms with E-state index in [0.717, 1.165) is 0 Å². The molecule has 21 heavy (non-hydrogen) atoms. The summed E-state index contributed by atoms with van der Waals surface area (Å²) in [5, 5.41) is 13.1. The number of nitrogens with zero attached hydrogens (tertiary/aromatic N) is 1. The Kier molecular flexibility index (Phi) is 4.68. The molecule has 2 N–H and O–H groups in total. The average molecular weight is 303 g/mol. The van der Waals surface area contributed by atoms with E-state index < -0.39 is 11.9 Å². The molecule has 0 aliphatic heterocycles. The van der Waals surface area contributed by atoms with Gasteiger partial charge in [0.05, 0.1) is 22.4 Å². The molecule has 0 bridgehead atoms. The van der Waals surface area contributed by atoms with Crippen molar-refractivity contribution in [3.8, 4) is 0 Å². The Labute approximate surface area is 125 Å². The summed E-state index contributed by atoms with van der Waals surface area (Å²) >= 11 is 5.89. The van der Waals surface area contributed by atoms with Crippen LogP contribution >= 0.6 is 11.6 Å². The number of hydrazone groups is 1. The van der Waals surface area contributed by atoms with E-state index in [2.05, 4.69) is 10.5 Å². The Balaban J connectivity index is 2.12. The molecule has 0 fully saturated rings. The zero-order chi connectivity index (χ0) is 15.2. The number of nitrogens with one attached hydrogen (secondary N) is 1. The third kappa shape index (κ3) is 3.67. The first kappa shape index (κ1) is 14.7. The van der Waals surface area contributed by atoms with E-state index in [1.165, 1.54) is 12.3 Å². The number of carbonyl (C=O) groups excluding carboxylic acids is 1. The minimum Gasteiger partial charge on any atom is -0.478 e. The van der Waals surface area contributed by atoms with Gasteiger partial charge < -0.3 is 5.11 Å². The Morgan fingerprint density at radius 2 is 1.67 bits per heavy atom. The van der Waals surface area contributed by atoms with Crippen LogP contribution in [0.25, 0.3) is 0 Å². The van der Waals surface area contributed by atoms with Gasteiger partial charge in [0.1, 0.15) is 0 Å². The van der Waals surface area contributed by atoms with Gasteiger partial charge in [-0.1, -0.05) is 41.9 Å². The van der Waals surface area contributed by atoms with E-state index in [0.29, 0.717) is 16.1 Å². The Morgan fingerprint density at radius 1 is 1.05 bits per heavy atom. The van der Waals surface area contributed by atoms with Gasteiger partial charge in [-0.3, -0.25) is 4.79 Å². The molecule has 0 atom stereocenters. The smallest absolute Gasteiger partial charge is 0.336 e. The molecule has 2 aromatic carbocycles. The standard InChI is InChI=1S/C15H11ClN2O3/c16-13-8-4-3-7-12(13)14(19)18-17-9-10-5-1-2-6-11(10)15(20)21/h1-9H,(H,18,19)(H,20,21)/b17-9+. The van der Waals surface area contributed by atoms with Crippen LogP contribution in [0.5, 0.6) is 0 Å². The number of aromatic carboxylic acids is 1. The molecule has 0 unspecified atom stereocenters. The van der Waals surface area contributed by atoms with Crippen LogP contribution in [0.15, 0.2) is 53.6 Å². The maximum absolute atomic E-state index is 11.8. The van der Waals surface area contributed by atoms with E-state index in [1.807, 2.05) is 0 Å². The maximum atomic E-state index is 11.8. The molecule has 0 aliphatic rings. The van der Waals surface area contributed by atoms with Crippen LogP contribution in [-0.4, -0.2) is 23.2 Å². The molecule has 0 spiro atoms. The van der Waals surface area contributed by atoms with Crippen LogP contribution in [-0.2, 0) is 0 Å². The maximum Gasteiger partial charge on any atom is 0.336 e. The summed E-state index contributed by atoms with van der Waals surface area (Å²) in [5.41, 5.74) is 3.10. The first-order chi connectivity index (χ1) is 10.1. The summed E-state index contributed by atoms with van der Waals surface area (Å²) in [4.78, 5) is 22.9. The predicted octanol–water partition coefficient (Wildman–Crippen LogP) is 2.80. The zero-order valence-corrected chi connectivity index (χ0v) is 11.5. The van der Waals surface area contributed by atoms with Crippen molar-refractivity contribution in [2.75, 3.05) is 0 Å². The normalized spacial score (nSPS) is 10.5. The lowest BCUT2D eigenvalue weighted by atomic mass is 10.1. The number of halogens is 1. The van der Waals surface area contributed by atoms with Crippen molar-refractivity contribution in [2.45, 2.75) is 0 Å². The van der Waals surface area contributed by atoms with Crippen molar-refractivity contribution < 1.29 is 14.7 Å². The van der Waals surface area contributed by atoms with Crippen LogP contribution < -0.4 is 5.43 Å². The van der Waals surface area contributed by atoms with E-state index in [1.54, 1.807) is 42.5 Å². The monoisotopic (exact) mass is 302 g/mol. The van der Waals surface area contributed by atoms with Gasteiger partial charge in [0, 0.05) is 5.56 Å². The number of rotatable bonds is 4. The first-order valence-electron chi connectivity index (χ1n) is 6.00. The predicted molar refractivity (Wildman–Crippen MR) is 79.9 cm³/mol. The molecule has 0 aromatic heterocycles. The van der Waals surface area contributed by atoms with Crippen molar-refractivity contribution in [2.24, 2.45) is 5.10 Å². The van der Waals surface area contributed by atoms with Crippen LogP contribution in [0.4, 0.5) is 0 Å². The zero-order valence-electron chi connectivity index (χ0n) is 10.8. The van der Waals surface area contributed by atoms with E-state index in [9.17, 15) is 9.59 Å². The Bertz CT molecular complexity index is 714. The highest BCUT2D eigenvalue weighted by molar-refractivity contribution is 6.33. The second kappa shape index (κ2) is 6.67. The minimum atomic E-state index is -1.06. The SMILES string of the molecule is O=C(N/N=C/c1ccccc1C(=O)O)c1ccccc1Cl. The summed E-state index contributed by atoms with van der Waals surface area (Å²) in [6.45, 7) is 0. The van der Waals surface area contributed by atoms with Crippen molar-refractivity contribution in [3.63, 3.8) is 0 Å². The fourth-order valence-electron chi connectivity index (χ4n) is 1.67. The summed E-state index contributed by atoms with van der Waals surface area (Å²) in [6, 6.07) is 12.9. The second-order valence-electron chi connectivity index (χ2n) is 4.07. The second-order valence-corrected chi connectivity index (χ2v) is 4.48. The summed E-state index contributed by atoms with van der Waals surface area (Å²) in [6.07, 6.45) is 1.28. The molecule has 0 radical (unpaired) electrons. The van der Waals surface area contributed by atoms with Crippen LogP contribution in [0, 0.1) is 0 Å². The van der Waals surface area contributed by atoms with Gasteiger partial charge in [-0.25, -0.2) is 10.2 Å². The Hall–Kier alpha value is -2.66. The van der Waals surface area contributed by atoms with Gasteiger partial charge in [0.2, 0.25) is 0 Å².